The summed E-state index contributed by atoms with van der Waals surface area (Å²) < 4.78 is 20.6. The van der Waals surface area contributed by atoms with E-state index in [0.717, 1.165) is 0 Å². The SMILES string of the molecule is COC(=O)CCCC(N=[N+]=[N-])c1ccc(OC)c(OC)c1OC. The van der Waals surface area contributed by atoms with Crippen molar-refractivity contribution in [2.75, 3.05) is 28.4 Å². The maximum Gasteiger partial charge on any atom is 0.305 e. The molecule has 0 amide bonds. The fourth-order valence-electron chi connectivity index (χ4n) is 2.27. The first-order chi connectivity index (χ1) is 11.1. The van der Waals surface area contributed by atoms with E-state index >= 15 is 0 Å². The van der Waals surface area contributed by atoms with Crippen molar-refractivity contribution in [2.24, 2.45) is 5.11 Å². The van der Waals surface area contributed by atoms with Crippen LogP contribution >= 0.6 is 0 Å². The molecular weight excluding hydrogens is 302 g/mol. The van der Waals surface area contributed by atoms with Gasteiger partial charge in [0.25, 0.3) is 0 Å². The molecular formula is C15H21N3O5. The second-order valence-corrected chi connectivity index (χ2v) is 4.61. The number of benzene rings is 1. The number of rotatable bonds is 9. The number of hydrogen-bond donors (Lipinski definition) is 0. The minimum absolute atomic E-state index is 0.254. The molecule has 8 heteroatoms. The van der Waals surface area contributed by atoms with E-state index in [1.165, 1.54) is 28.4 Å². The lowest BCUT2D eigenvalue weighted by molar-refractivity contribution is -0.140. The molecule has 0 N–H and O–H groups in total. The molecule has 1 rings (SSSR count). The predicted octanol–water partition coefficient (Wildman–Crippen LogP) is 3.41. The lowest BCUT2D eigenvalue weighted by atomic mass is 10.00. The van der Waals surface area contributed by atoms with Gasteiger partial charge in [0.15, 0.2) is 11.5 Å². The first kappa shape index (κ1) is 18.4. The second kappa shape index (κ2) is 9.42. The minimum atomic E-state index is -0.487. The fraction of sp³-hybridized carbons (Fsp3) is 0.533. The molecule has 0 aromatic heterocycles. The van der Waals surface area contributed by atoms with Crippen molar-refractivity contribution in [3.8, 4) is 17.2 Å². The third-order valence-electron chi connectivity index (χ3n) is 3.37. The summed E-state index contributed by atoms with van der Waals surface area (Å²) in [6.45, 7) is 0. The highest BCUT2D eigenvalue weighted by atomic mass is 16.5. The Morgan fingerprint density at radius 2 is 1.87 bits per heavy atom. The zero-order valence-corrected chi connectivity index (χ0v) is 13.7. The number of hydrogen-bond acceptors (Lipinski definition) is 6. The largest absolute Gasteiger partial charge is 0.493 e. The van der Waals surface area contributed by atoms with E-state index in [1.807, 2.05) is 0 Å². The second-order valence-electron chi connectivity index (χ2n) is 4.61. The molecule has 0 radical (unpaired) electrons. The normalized spacial score (nSPS) is 11.1. The number of azide groups is 1. The number of ether oxygens (including phenoxy) is 4. The van der Waals surface area contributed by atoms with Gasteiger partial charge in [-0.1, -0.05) is 11.2 Å². The maximum absolute atomic E-state index is 11.2. The van der Waals surface area contributed by atoms with E-state index < -0.39 is 6.04 Å². The van der Waals surface area contributed by atoms with Gasteiger partial charge in [-0.05, 0) is 24.4 Å². The minimum Gasteiger partial charge on any atom is -0.493 e. The third-order valence-corrected chi connectivity index (χ3v) is 3.37. The summed E-state index contributed by atoms with van der Waals surface area (Å²) in [4.78, 5) is 14.1. The van der Waals surface area contributed by atoms with Gasteiger partial charge >= 0.3 is 5.97 Å². The fourth-order valence-corrected chi connectivity index (χ4v) is 2.27. The lowest BCUT2D eigenvalue weighted by Crippen LogP contribution is -2.04. The van der Waals surface area contributed by atoms with Crippen LogP contribution in [0.15, 0.2) is 17.2 Å². The summed E-state index contributed by atoms with van der Waals surface area (Å²) in [6, 6.07) is 2.99. The van der Waals surface area contributed by atoms with Crippen molar-refractivity contribution >= 4 is 5.97 Å². The topological polar surface area (TPSA) is 103 Å². The van der Waals surface area contributed by atoms with Crippen molar-refractivity contribution in [2.45, 2.75) is 25.3 Å². The van der Waals surface area contributed by atoms with Crippen molar-refractivity contribution in [1.82, 2.24) is 0 Å². The van der Waals surface area contributed by atoms with Gasteiger partial charge in [0.1, 0.15) is 0 Å². The molecule has 0 fully saturated rings. The smallest absolute Gasteiger partial charge is 0.305 e. The van der Waals surface area contributed by atoms with E-state index in [4.69, 9.17) is 19.7 Å². The predicted molar refractivity (Wildman–Crippen MR) is 83.9 cm³/mol. The number of esters is 1. The summed E-state index contributed by atoms with van der Waals surface area (Å²) in [6.07, 6.45) is 1.25. The van der Waals surface area contributed by atoms with Gasteiger partial charge in [-0.3, -0.25) is 4.79 Å². The van der Waals surface area contributed by atoms with Crippen LogP contribution in [0.2, 0.25) is 0 Å². The van der Waals surface area contributed by atoms with Gasteiger partial charge in [-0.25, -0.2) is 0 Å². The Labute approximate surface area is 134 Å². The van der Waals surface area contributed by atoms with E-state index in [2.05, 4.69) is 14.8 Å². The molecule has 0 bridgehead atoms. The van der Waals surface area contributed by atoms with Crippen LogP contribution in [-0.4, -0.2) is 34.4 Å². The monoisotopic (exact) mass is 323 g/mol. The van der Waals surface area contributed by atoms with E-state index in [0.29, 0.717) is 35.7 Å². The standard InChI is InChI=1S/C15H21N3O5/c1-20-12-9-8-10(14(22-3)15(12)23-4)11(17-18-16)6-5-7-13(19)21-2/h8-9,11H,5-7H2,1-4H3. The molecule has 0 saturated carbocycles. The highest BCUT2D eigenvalue weighted by molar-refractivity contribution is 5.69. The Balaban J connectivity index is 3.11. The van der Waals surface area contributed by atoms with Crippen LogP contribution in [0, 0.1) is 0 Å². The first-order valence-electron chi connectivity index (χ1n) is 7.02. The molecule has 0 aliphatic heterocycles. The molecule has 126 valence electrons. The van der Waals surface area contributed by atoms with E-state index in [-0.39, 0.29) is 12.4 Å². The number of nitrogens with zero attached hydrogens (tertiary/aromatic N) is 3. The van der Waals surface area contributed by atoms with Gasteiger partial charge in [0.05, 0.1) is 34.5 Å². The highest BCUT2D eigenvalue weighted by Crippen LogP contribution is 2.44. The number of carbonyl (C=O) groups excluding carboxylic acids is 1. The molecule has 0 saturated heterocycles. The molecule has 0 aliphatic carbocycles. The summed E-state index contributed by atoms with van der Waals surface area (Å²) in [7, 11) is 5.87. The van der Waals surface area contributed by atoms with Crippen molar-refractivity contribution in [3.63, 3.8) is 0 Å². The Bertz CT molecular complexity index is 585. The Morgan fingerprint density at radius 1 is 1.17 bits per heavy atom. The van der Waals surface area contributed by atoms with Gasteiger partial charge < -0.3 is 18.9 Å². The third kappa shape index (κ3) is 4.69. The van der Waals surface area contributed by atoms with Crippen molar-refractivity contribution in [3.05, 3.63) is 28.1 Å². The average Bonchev–Trinajstić information content (AvgIpc) is 2.59. The molecule has 8 nitrogen and oxygen atoms in total. The number of carbonyl (C=O) groups is 1. The van der Waals surface area contributed by atoms with Gasteiger partial charge in [0.2, 0.25) is 5.75 Å². The molecule has 1 aromatic rings. The molecule has 1 unspecified atom stereocenters. The van der Waals surface area contributed by atoms with Crippen molar-refractivity contribution < 1.29 is 23.7 Å². The summed E-state index contributed by atoms with van der Waals surface area (Å²) in [5.41, 5.74) is 9.49. The lowest BCUT2D eigenvalue weighted by Gasteiger charge is -2.19. The molecule has 23 heavy (non-hydrogen) atoms. The summed E-state index contributed by atoms with van der Waals surface area (Å²) >= 11 is 0. The average molecular weight is 323 g/mol. The highest BCUT2D eigenvalue weighted by Gasteiger charge is 2.21. The molecule has 0 spiro atoms. The first-order valence-corrected chi connectivity index (χ1v) is 7.02. The summed E-state index contributed by atoms with van der Waals surface area (Å²) in [5.74, 6) is 1.09. The van der Waals surface area contributed by atoms with Crippen LogP contribution in [-0.2, 0) is 9.53 Å². The molecule has 0 aliphatic rings. The van der Waals surface area contributed by atoms with Gasteiger partial charge in [0, 0.05) is 16.9 Å². The van der Waals surface area contributed by atoms with Crippen LogP contribution in [0.1, 0.15) is 30.9 Å². The van der Waals surface area contributed by atoms with Crippen LogP contribution in [0.3, 0.4) is 0 Å². The summed E-state index contributed by atoms with van der Waals surface area (Å²) in [5, 5.41) is 3.81. The van der Waals surface area contributed by atoms with Gasteiger partial charge in [-0.2, -0.15) is 0 Å². The number of methoxy groups -OCH3 is 4. The molecule has 0 heterocycles. The Morgan fingerprint density at radius 3 is 2.39 bits per heavy atom. The Kier molecular flexibility index (Phi) is 7.56. The van der Waals surface area contributed by atoms with E-state index in [9.17, 15) is 4.79 Å². The maximum atomic E-state index is 11.2. The quantitative estimate of drug-likeness (QED) is 0.300. The molecule has 1 atom stereocenters. The Hall–Kier alpha value is -2.60. The van der Waals surface area contributed by atoms with Crippen LogP contribution in [0.25, 0.3) is 10.4 Å². The van der Waals surface area contributed by atoms with Crippen LogP contribution in [0.4, 0.5) is 0 Å². The van der Waals surface area contributed by atoms with E-state index in [1.54, 1.807) is 12.1 Å². The van der Waals surface area contributed by atoms with Gasteiger partial charge in [-0.15, -0.1) is 0 Å². The van der Waals surface area contributed by atoms with Crippen molar-refractivity contribution in [1.29, 1.82) is 0 Å². The van der Waals surface area contributed by atoms with Crippen LogP contribution < -0.4 is 14.2 Å². The zero-order valence-electron chi connectivity index (χ0n) is 13.7. The molecule has 1 aromatic carbocycles. The van der Waals surface area contributed by atoms with Crippen LogP contribution in [0.5, 0.6) is 17.2 Å². The zero-order chi connectivity index (χ0) is 17.2.